The number of aryl methyl sites for hydroxylation is 1. The van der Waals surface area contributed by atoms with Gasteiger partial charge in [-0.3, -0.25) is 14.9 Å². The average molecular weight is 436 g/mol. The second-order valence-electron chi connectivity index (χ2n) is 7.15. The maximum Gasteiger partial charge on any atom is 0.284 e. The van der Waals surface area contributed by atoms with Gasteiger partial charge in [0.25, 0.3) is 11.6 Å². The van der Waals surface area contributed by atoms with Crippen LogP contribution in [0, 0.1) is 23.0 Å². The van der Waals surface area contributed by atoms with Gasteiger partial charge in [-0.1, -0.05) is 29.5 Å². The Kier molecular flexibility index (Phi) is 8.49. The normalized spacial score (nSPS) is 14.3. The van der Waals surface area contributed by atoms with Crippen molar-refractivity contribution in [2.24, 2.45) is 5.92 Å². The van der Waals surface area contributed by atoms with Gasteiger partial charge < -0.3 is 10.2 Å². The number of nitrogens with zero attached hydrogens (tertiary/aromatic N) is 2. The molecular weight excluding hydrogens is 410 g/mol. The molecule has 6 nitrogen and oxygen atoms in total. The molecule has 2 aromatic carbocycles. The van der Waals surface area contributed by atoms with Crippen LogP contribution >= 0.6 is 24.2 Å². The lowest BCUT2D eigenvalue weighted by Gasteiger charge is -2.32. The molecule has 0 atom stereocenters. The maximum absolute atomic E-state index is 12.8. The zero-order valence-electron chi connectivity index (χ0n) is 16.6. The zero-order valence-corrected chi connectivity index (χ0v) is 18.2. The minimum Gasteiger partial charge on any atom is -0.339 e. The molecule has 0 bridgehead atoms. The third kappa shape index (κ3) is 5.95. The van der Waals surface area contributed by atoms with Gasteiger partial charge in [0.05, 0.1) is 9.82 Å². The number of piperidine rings is 1. The Labute approximate surface area is 181 Å². The van der Waals surface area contributed by atoms with Crippen molar-refractivity contribution in [3.63, 3.8) is 0 Å². The average Bonchev–Trinajstić information content (AvgIpc) is 2.70. The van der Waals surface area contributed by atoms with Crippen LogP contribution in [-0.4, -0.2) is 42.4 Å². The van der Waals surface area contributed by atoms with Gasteiger partial charge in [0.15, 0.2) is 0 Å². The largest absolute Gasteiger partial charge is 0.339 e. The number of hydrogen-bond acceptors (Lipinski definition) is 5. The van der Waals surface area contributed by atoms with Gasteiger partial charge in [-0.2, -0.15) is 0 Å². The lowest BCUT2D eigenvalue weighted by Crippen LogP contribution is -2.40. The Morgan fingerprint density at radius 2 is 1.86 bits per heavy atom. The Morgan fingerprint density at radius 1 is 1.21 bits per heavy atom. The lowest BCUT2D eigenvalue weighted by atomic mass is 9.96. The Balaban J connectivity index is 0.00000300. The highest BCUT2D eigenvalue weighted by Gasteiger charge is 2.25. The standard InChI is InChI=1S/C21H25N3O3S.ClH/c1-15-3-6-18(7-4-15)28-20-8-5-17(13-19(20)24(26)27)21(25)23-11-9-16(10-12-23)14-22-2;/h3-8,13,16,22H,9-12,14H2,1-2H3;1H. The number of nitro groups is 1. The van der Waals surface area contributed by atoms with E-state index in [4.69, 9.17) is 0 Å². The van der Waals surface area contributed by atoms with Crippen molar-refractivity contribution in [3.05, 3.63) is 63.7 Å². The van der Waals surface area contributed by atoms with E-state index < -0.39 is 4.92 Å². The van der Waals surface area contributed by atoms with E-state index in [0.717, 1.165) is 29.8 Å². The number of hydrogen-bond donors (Lipinski definition) is 1. The van der Waals surface area contributed by atoms with Crippen molar-refractivity contribution in [2.75, 3.05) is 26.7 Å². The summed E-state index contributed by atoms with van der Waals surface area (Å²) in [6, 6.07) is 12.6. The Hall–Kier alpha value is -2.09. The van der Waals surface area contributed by atoms with Crippen LogP contribution in [0.5, 0.6) is 0 Å². The molecule has 1 fully saturated rings. The highest BCUT2D eigenvalue weighted by Crippen LogP contribution is 2.35. The van der Waals surface area contributed by atoms with Gasteiger partial charge >= 0.3 is 0 Å². The summed E-state index contributed by atoms with van der Waals surface area (Å²) in [7, 11) is 1.94. The topological polar surface area (TPSA) is 75.5 Å². The summed E-state index contributed by atoms with van der Waals surface area (Å²) in [6.07, 6.45) is 1.91. The van der Waals surface area contributed by atoms with Gasteiger partial charge in [-0.05, 0) is 63.5 Å². The van der Waals surface area contributed by atoms with Crippen molar-refractivity contribution < 1.29 is 9.72 Å². The zero-order chi connectivity index (χ0) is 20.1. The molecular formula is C21H26ClN3O3S. The first-order valence-electron chi connectivity index (χ1n) is 9.44. The van der Waals surface area contributed by atoms with Crippen LogP contribution in [0.1, 0.15) is 28.8 Å². The second kappa shape index (κ2) is 10.6. The fraction of sp³-hybridized carbons (Fsp3) is 0.381. The van der Waals surface area contributed by atoms with Crippen molar-refractivity contribution in [1.82, 2.24) is 10.2 Å². The number of carbonyl (C=O) groups is 1. The molecule has 1 N–H and O–H groups in total. The fourth-order valence-electron chi connectivity index (χ4n) is 3.42. The second-order valence-corrected chi connectivity index (χ2v) is 8.26. The van der Waals surface area contributed by atoms with Crippen LogP contribution in [0.3, 0.4) is 0 Å². The van der Waals surface area contributed by atoms with E-state index in [0.29, 0.717) is 29.5 Å². The number of carbonyl (C=O) groups excluding carboxylic acids is 1. The van der Waals surface area contributed by atoms with E-state index in [-0.39, 0.29) is 24.0 Å². The fourth-order valence-corrected chi connectivity index (χ4v) is 4.32. The lowest BCUT2D eigenvalue weighted by molar-refractivity contribution is -0.387. The number of benzene rings is 2. The first kappa shape index (κ1) is 23.2. The van der Waals surface area contributed by atoms with E-state index in [9.17, 15) is 14.9 Å². The SMILES string of the molecule is CNCC1CCN(C(=O)c2ccc(Sc3ccc(C)cc3)c([N+](=O)[O-])c2)CC1.Cl. The molecule has 29 heavy (non-hydrogen) atoms. The highest BCUT2D eigenvalue weighted by molar-refractivity contribution is 7.99. The molecule has 8 heteroatoms. The molecule has 1 amide bonds. The minimum atomic E-state index is -0.410. The van der Waals surface area contributed by atoms with Gasteiger partial charge in [0.1, 0.15) is 0 Å². The Bertz CT molecular complexity index is 853. The van der Waals surface area contributed by atoms with Gasteiger partial charge in [-0.15, -0.1) is 12.4 Å². The summed E-state index contributed by atoms with van der Waals surface area (Å²) in [4.78, 5) is 27.3. The molecule has 0 saturated carbocycles. The molecule has 156 valence electrons. The molecule has 3 rings (SSSR count). The van der Waals surface area contributed by atoms with E-state index in [2.05, 4.69) is 5.32 Å². The summed E-state index contributed by atoms with van der Waals surface area (Å²) in [5, 5.41) is 14.8. The minimum absolute atomic E-state index is 0. The van der Waals surface area contributed by atoms with E-state index in [1.807, 2.05) is 38.2 Å². The quantitative estimate of drug-likeness (QED) is 0.532. The van der Waals surface area contributed by atoms with Gasteiger partial charge in [-0.25, -0.2) is 0 Å². The summed E-state index contributed by atoms with van der Waals surface area (Å²) >= 11 is 1.34. The van der Waals surface area contributed by atoms with Crippen molar-refractivity contribution >= 4 is 35.8 Å². The summed E-state index contributed by atoms with van der Waals surface area (Å²) in [5.74, 6) is 0.453. The monoisotopic (exact) mass is 435 g/mol. The third-order valence-electron chi connectivity index (χ3n) is 5.05. The highest BCUT2D eigenvalue weighted by atomic mass is 35.5. The van der Waals surface area contributed by atoms with Crippen LogP contribution in [0.25, 0.3) is 0 Å². The molecule has 0 radical (unpaired) electrons. The predicted molar refractivity (Wildman–Crippen MR) is 118 cm³/mol. The van der Waals surface area contributed by atoms with Crippen molar-refractivity contribution in [1.29, 1.82) is 0 Å². The van der Waals surface area contributed by atoms with E-state index >= 15 is 0 Å². The van der Waals surface area contributed by atoms with Crippen molar-refractivity contribution in [2.45, 2.75) is 29.6 Å². The van der Waals surface area contributed by atoms with Crippen molar-refractivity contribution in [3.8, 4) is 0 Å². The van der Waals surface area contributed by atoms with Crippen LogP contribution < -0.4 is 5.32 Å². The molecule has 0 unspecified atom stereocenters. The van der Waals surface area contributed by atoms with Crippen LogP contribution in [-0.2, 0) is 0 Å². The smallest absolute Gasteiger partial charge is 0.284 e. The molecule has 1 aliphatic rings. The number of amides is 1. The van der Waals surface area contributed by atoms with Gasteiger partial charge in [0, 0.05) is 29.6 Å². The van der Waals surface area contributed by atoms with Gasteiger partial charge in [0.2, 0.25) is 0 Å². The Morgan fingerprint density at radius 3 is 2.45 bits per heavy atom. The summed E-state index contributed by atoms with van der Waals surface area (Å²) < 4.78 is 0. The molecule has 1 heterocycles. The maximum atomic E-state index is 12.8. The summed E-state index contributed by atoms with van der Waals surface area (Å²) in [5.41, 5.74) is 1.49. The number of likely N-dealkylation sites (tertiary alicyclic amines) is 1. The molecule has 0 aromatic heterocycles. The third-order valence-corrected chi connectivity index (χ3v) is 6.12. The molecule has 0 spiro atoms. The molecule has 1 aliphatic heterocycles. The number of rotatable bonds is 6. The summed E-state index contributed by atoms with van der Waals surface area (Å²) in [6.45, 7) is 4.34. The number of nitrogens with one attached hydrogen (secondary N) is 1. The van der Waals surface area contributed by atoms with Crippen LogP contribution in [0.2, 0.25) is 0 Å². The number of halogens is 1. The van der Waals surface area contributed by atoms with E-state index in [1.54, 1.807) is 17.0 Å². The molecule has 1 saturated heterocycles. The predicted octanol–water partition coefficient (Wildman–Crippen LogP) is 4.55. The van der Waals surface area contributed by atoms with E-state index in [1.165, 1.54) is 17.8 Å². The number of nitro benzene ring substituents is 1. The molecule has 0 aliphatic carbocycles. The first-order chi connectivity index (χ1) is 13.5. The first-order valence-corrected chi connectivity index (χ1v) is 10.3. The van der Waals surface area contributed by atoms with Crippen LogP contribution in [0.15, 0.2) is 52.3 Å². The van der Waals surface area contributed by atoms with Crippen LogP contribution in [0.4, 0.5) is 5.69 Å². The molecule has 2 aromatic rings.